The van der Waals surface area contributed by atoms with Crippen molar-refractivity contribution in [3.63, 3.8) is 0 Å². The molecule has 1 saturated carbocycles. The van der Waals surface area contributed by atoms with Gasteiger partial charge in [0, 0.05) is 12.0 Å². The minimum absolute atomic E-state index is 0.0228. The van der Waals surface area contributed by atoms with Crippen molar-refractivity contribution >= 4 is 17.1 Å². The van der Waals surface area contributed by atoms with E-state index in [0.717, 1.165) is 0 Å². The Morgan fingerprint density at radius 2 is 2.39 bits per heavy atom. The molecule has 0 spiro atoms. The number of fused-ring (bicyclic) bond motifs is 1. The van der Waals surface area contributed by atoms with Gasteiger partial charge in [0.25, 0.3) is 5.56 Å². The second-order valence-corrected chi connectivity index (χ2v) is 4.49. The van der Waals surface area contributed by atoms with E-state index in [-0.39, 0.29) is 30.0 Å². The second-order valence-electron chi connectivity index (χ2n) is 4.49. The molecule has 0 aromatic carbocycles. The zero-order chi connectivity index (χ0) is 12.9. The van der Waals surface area contributed by atoms with Gasteiger partial charge in [-0.3, -0.25) is 9.78 Å². The summed E-state index contributed by atoms with van der Waals surface area (Å²) in [5.74, 6) is -0.237. The van der Waals surface area contributed by atoms with Crippen LogP contribution in [0.25, 0.3) is 11.2 Å². The molecule has 0 aliphatic heterocycles. The van der Waals surface area contributed by atoms with Crippen molar-refractivity contribution in [2.24, 2.45) is 5.92 Å². The number of hydrogen-bond donors (Lipinski definition) is 4. The fraction of sp³-hybridized carbons (Fsp3) is 0.500. The topological polar surface area (TPSA) is 130 Å². The fourth-order valence-electron chi connectivity index (χ4n) is 2.41. The van der Waals surface area contributed by atoms with E-state index in [9.17, 15) is 15.0 Å². The summed E-state index contributed by atoms with van der Waals surface area (Å²) < 4.78 is 1.69. The maximum absolute atomic E-state index is 11.6. The number of nitrogens with one attached hydrogen (secondary N) is 1. The van der Waals surface area contributed by atoms with Crippen molar-refractivity contribution in [3.05, 3.63) is 16.7 Å². The molecular weight excluding hydrogens is 238 g/mol. The number of aromatic amines is 1. The Balaban J connectivity index is 2.11. The Kier molecular flexibility index (Phi) is 2.35. The van der Waals surface area contributed by atoms with Crippen LogP contribution in [0.2, 0.25) is 0 Å². The zero-order valence-corrected chi connectivity index (χ0v) is 9.45. The minimum Gasteiger partial charge on any atom is -0.396 e. The highest BCUT2D eigenvalue weighted by molar-refractivity contribution is 5.70. The molecule has 3 atom stereocenters. The molecule has 8 heteroatoms. The predicted molar refractivity (Wildman–Crippen MR) is 62.8 cm³/mol. The molecule has 96 valence electrons. The van der Waals surface area contributed by atoms with Crippen LogP contribution >= 0.6 is 0 Å². The van der Waals surface area contributed by atoms with Gasteiger partial charge in [0.1, 0.15) is 0 Å². The van der Waals surface area contributed by atoms with Crippen LogP contribution in [0.4, 0.5) is 5.95 Å². The number of aliphatic hydroxyl groups excluding tert-OH is 2. The zero-order valence-electron chi connectivity index (χ0n) is 9.45. The first-order valence-corrected chi connectivity index (χ1v) is 5.63. The van der Waals surface area contributed by atoms with Crippen LogP contribution in [0.5, 0.6) is 0 Å². The molecule has 1 fully saturated rings. The smallest absolute Gasteiger partial charge is 0.280 e. The molecule has 2 aromatic rings. The SMILES string of the molecule is Nc1nc2c(ncn2[C@H]2C[C@@H](O)[C@@H]2CO)c(=O)[nH]1. The third kappa shape index (κ3) is 1.42. The number of aliphatic hydroxyl groups is 2. The van der Waals surface area contributed by atoms with E-state index < -0.39 is 11.7 Å². The van der Waals surface area contributed by atoms with Crippen molar-refractivity contribution < 1.29 is 10.2 Å². The van der Waals surface area contributed by atoms with Crippen molar-refractivity contribution in [3.8, 4) is 0 Å². The Morgan fingerprint density at radius 1 is 1.61 bits per heavy atom. The number of imidazole rings is 1. The van der Waals surface area contributed by atoms with E-state index in [1.54, 1.807) is 4.57 Å². The molecule has 2 heterocycles. The van der Waals surface area contributed by atoms with E-state index in [4.69, 9.17) is 5.73 Å². The number of nitrogens with zero attached hydrogens (tertiary/aromatic N) is 3. The molecule has 2 aromatic heterocycles. The Morgan fingerprint density at radius 3 is 3.06 bits per heavy atom. The molecule has 18 heavy (non-hydrogen) atoms. The first-order valence-electron chi connectivity index (χ1n) is 5.63. The van der Waals surface area contributed by atoms with Gasteiger partial charge in [-0.2, -0.15) is 4.98 Å². The average Bonchev–Trinajstić information content (AvgIpc) is 2.69. The quantitative estimate of drug-likeness (QED) is 0.520. The van der Waals surface area contributed by atoms with E-state index in [0.29, 0.717) is 12.1 Å². The predicted octanol–water partition coefficient (Wildman–Crippen LogP) is -1.38. The molecule has 0 bridgehead atoms. The number of nitrogen functional groups attached to an aromatic ring is 1. The van der Waals surface area contributed by atoms with Gasteiger partial charge in [-0.05, 0) is 6.42 Å². The minimum atomic E-state index is -0.531. The largest absolute Gasteiger partial charge is 0.396 e. The van der Waals surface area contributed by atoms with Crippen LogP contribution in [0.3, 0.4) is 0 Å². The summed E-state index contributed by atoms with van der Waals surface area (Å²) in [6, 6.07) is -0.108. The number of hydrogen-bond acceptors (Lipinski definition) is 6. The van der Waals surface area contributed by atoms with Gasteiger partial charge in [0.05, 0.1) is 19.0 Å². The third-order valence-corrected chi connectivity index (χ3v) is 3.49. The van der Waals surface area contributed by atoms with Crippen LogP contribution < -0.4 is 11.3 Å². The standard InChI is InChI=1S/C10H13N5O3/c11-10-13-8-7(9(18)14-10)12-3-15(8)5-1-6(17)4(5)2-16/h3-6,16-17H,1-2H2,(H3,11,13,14,18)/t4-,5+,6-/m1/s1. The lowest BCUT2D eigenvalue weighted by Crippen LogP contribution is -2.44. The van der Waals surface area contributed by atoms with Crippen LogP contribution in [-0.4, -0.2) is 42.4 Å². The van der Waals surface area contributed by atoms with Crippen LogP contribution in [0, 0.1) is 5.92 Å². The first-order chi connectivity index (χ1) is 8.61. The lowest BCUT2D eigenvalue weighted by Gasteiger charge is -2.41. The summed E-state index contributed by atoms with van der Waals surface area (Å²) in [5, 5.41) is 18.8. The molecule has 1 aliphatic carbocycles. The summed E-state index contributed by atoms with van der Waals surface area (Å²) >= 11 is 0. The number of rotatable bonds is 2. The molecular formula is C10H13N5O3. The summed E-state index contributed by atoms with van der Waals surface area (Å²) in [5.41, 5.74) is 5.70. The second kappa shape index (κ2) is 3.79. The summed E-state index contributed by atoms with van der Waals surface area (Å²) in [6.07, 6.45) is 1.47. The van der Waals surface area contributed by atoms with Crippen LogP contribution in [0.15, 0.2) is 11.1 Å². The molecule has 0 radical (unpaired) electrons. The lowest BCUT2D eigenvalue weighted by molar-refractivity contribution is -0.0512. The normalized spacial score (nSPS) is 27.3. The van der Waals surface area contributed by atoms with Gasteiger partial charge in [0.2, 0.25) is 5.95 Å². The van der Waals surface area contributed by atoms with Crippen LogP contribution in [-0.2, 0) is 0 Å². The number of nitrogens with two attached hydrogens (primary N) is 1. The molecule has 8 nitrogen and oxygen atoms in total. The van der Waals surface area contributed by atoms with Crippen molar-refractivity contribution in [1.29, 1.82) is 0 Å². The third-order valence-electron chi connectivity index (χ3n) is 3.49. The van der Waals surface area contributed by atoms with E-state index >= 15 is 0 Å². The van der Waals surface area contributed by atoms with Gasteiger partial charge < -0.3 is 20.5 Å². The molecule has 0 amide bonds. The molecule has 0 saturated heterocycles. The van der Waals surface area contributed by atoms with Gasteiger partial charge >= 0.3 is 0 Å². The Hall–Kier alpha value is -1.93. The number of aromatic nitrogens is 4. The van der Waals surface area contributed by atoms with E-state index in [1.807, 2.05) is 0 Å². The highest BCUT2D eigenvalue weighted by Gasteiger charge is 2.41. The van der Waals surface area contributed by atoms with Crippen LogP contribution in [0.1, 0.15) is 12.5 Å². The fourth-order valence-corrected chi connectivity index (χ4v) is 2.41. The maximum Gasteiger partial charge on any atom is 0.280 e. The highest BCUT2D eigenvalue weighted by atomic mass is 16.3. The average molecular weight is 251 g/mol. The Labute approximate surface area is 101 Å². The van der Waals surface area contributed by atoms with Crippen molar-refractivity contribution in [2.45, 2.75) is 18.6 Å². The monoisotopic (exact) mass is 251 g/mol. The van der Waals surface area contributed by atoms with E-state index in [1.165, 1.54) is 6.33 Å². The van der Waals surface area contributed by atoms with Gasteiger partial charge in [-0.25, -0.2) is 4.98 Å². The molecule has 1 aliphatic rings. The van der Waals surface area contributed by atoms with Crippen molar-refractivity contribution in [1.82, 2.24) is 19.5 Å². The van der Waals surface area contributed by atoms with Crippen molar-refractivity contribution in [2.75, 3.05) is 12.3 Å². The number of H-pyrrole nitrogens is 1. The van der Waals surface area contributed by atoms with E-state index in [2.05, 4.69) is 15.0 Å². The molecule has 5 N–H and O–H groups in total. The maximum atomic E-state index is 11.6. The van der Waals surface area contributed by atoms with Gasteiger partial charge in [0.15, 0.2) is 11.2 Å². The highest BCUT2D eigenvalue weighted by Crippen LogP contribution is 2.39. The lowest BCUT2D eigenvalue weighted by atomic mass is 9.77. The Bertz CT molecular complexity index is 648. The first kappa shape index (κ1) is 11.2. The summed E-state index contributed by atoms with van der Waals surface area (Å²) in [6.45, 7) is -0.121. The molecule has 3 rings (SSSR count). The summed E-state index contributed by atoms with van der Waals surface area (Å²) in [4.78, 5) is 22.0. The molecule has 0 unspecified atom stereocenters. The van der Waals surface area contributed by atoms with Gasteiger partial charge in [-0.15, -0.1) is 0 Å². The summed E-state index contributed by atoms with van der Waals surface area (Å²) in [7, 11) is 0. The van der Waals surface area contributed by atoms with Gasteiger partial charge in [-0.1, -0.05) is 0 Å². The number of anilines is 1.